The maximum absolute atomic E-state index is 10.9. The van der Waals surface area contributed by atoms with Crippen molar-refractivity contribution in [3.05, 3.63) is 20.2 Å². The van der Waals surface area contributed by atoms with E-state index >= 15 is 0 Å². The van der Waals surface area contributed by atoms with Gasteiger partial charge in [-0.3, -0.25) is 20.2 Å². The van der Waals surface area contributed by atoms with Gasteiger partial charge in [-0.25, -0.2) is 4.79 Å². The predicted octanol–water partition coefficient (Wildman–Crippen LogP) is 0.552. The topological polar surface area (TPSA) is 124 Å². The number of nitro groups is 2. The number of hydrogen-bond acceptors (Lipinski definition) is 5. The quantitative estimate of drug-likeness (QED) is 0.514. The van der Waals surface area contributed by atoms with Gasteiger partial charge in [0.25, 0.3) is 6.04 Å². The van der Waals surface area contributed by atoms with E-state index in [1.165, 1.54) is 13.8 Å². The normalized spacial score (nSPS) is 16.4. The van der Waals surface area contributed by atoms with Gasteiger partial charge in [0.2, 0.25) is 0 Å². The minimum Gasteiger partial charge on any atom is -0.476 e. The van der Waals surface area contributed by atoms with Crippen LogP contribution in [0.2, 0.25) is 0 Å². The molecule has 0 spiro atoms. The van der Waals surface area contributed by atoms with Gasteiger partial charge in [0.05, 0.1) is 0 Å². The number of carboxylic acids is 1. The lowest BCUT2D eigenvalue weighted by atomic mass is 9.86. The highest BCUT2D eigenvalue weighted by molar-refractivity contribution is 5.77. The van der Waals surface area contributed by atoms with E-state index in [1.54, 1.807) is 0 Å². The van der Waals surface area contributed by atoms with Crippen molar-refractivity contribution in [1.82, 2.24) is 0 Å². The average molecular weight is 220 g/mol. The molecule has 0 aromatic heterocycles. The molecule has 0 aliphatic rings. The minimum absolute atomic E-state index is 0.200. The van der Waals surface area contributed by atoms with Crippen molar-refractivity contribution in [2.75, 3.05) is 0 Å². The average Bonchev–Trinajstić information content (AvgIpc) is 2.11. The molecule has 0 aliphatic heterocycles. The zero-order valence-corrected chi connectivity index (χ0v) is 8.37. The van der Waals surface area contributed by atoms with Crippen molar-refractivity contribution >= 4 is 5.97 Å². The number of nitrogens with zero attached hydrogens (tertiary/aromatic N) is 2. The molecule has 0 aliphatic carbocycles. The van der Waals surface area contributed by atoms with Gasteiger partial charge in [-0.1, -0.05) is 13.8 Å². The zero-order valence-electron chi connectivity index (χ0n) is 8.37. The molecule has 0 heterocycles. The molecule has 0 saturated heterocycles. The largest absolute Gasteiger partial charge is 0.476 e. The summed E-state index contributed by atoms with van der Waals surface area (Å²) in [4.78, 5) is 30.2. The first-order chi connectivity index (χ1) is 6.84. The highest BCUT2D eigenvalue weighted by Gasteiger charge is 2.62. The Morgan fingerprint density at radius 2 is 1.87 bits per heavy atom. The fraction of sp³-hybridized carbons (Fsp3) is 0.857. The molecule has 0 bridgehead atoms. The Hall–Kier alpha value is -1.73. The van der Waals surface area contributed by atoms with Gasteiger partial charge in [0.15, 0.2) is 0 Å². The van der Waals surface area contributed by atoms with Crippen molar-refractivity contribution in [3.8, 4) is 0 Å². The van der Waals surface area contributed by atoms with E-state index in [0.717, 1.165) is 0 Å². The fourth-order valence-electron chi connectivity index (χ4n) is 1.52. The smallest absolute Gasteiger partial charge is 0.390 e. The Morgan fingerprint density at radius 1 is 1.40 bits per heavy atom. The monoisotopic (exact) mass is 220 g/mol. The third kappa shape index (κ3) is 2.03. The van der Waals surface area contributed by atoms with Crippen LogP contribution in [0.15, 0.2) is 0 Å². The molecule has 0 aromatic rings. The van der Waals surface area contributed by atoms with Gasteiger partial charge >= 0.3 is 11.5 Å². The standard InChI is InChI=1S/C7H12N2O6/c1-3-5(8(12)13)7(4-2,6(10)11)9(14)15/h5H,3-4H2,1-2H3,(H,10,11). The van der Waals surface area contributed by atoms with Gasteiger partial charge in [-0.2, -0.15) is 0 Å². The second-order valence-electron chi connectivity index (χ2n) is 3.05. The Morgan fingerprint density at radius 3 is 1.93 bits per heavy atom. The first kappa shape index (κ1) is 13.3. The van der Waals surface area contributed by atoms with Crippen LogP contribution in [0.5, 0.6) is 0 Å². The van der Waals surface area contributed by atoms with Gasteiger partial charge in [0.1, 0.15) is 0 Å². The summed E-state index contributed by atoms with van der Waals surface area (Å²) in [6, 6.07) is -1.71. The second kappa shape index (κ2) is 4.67. The van der Waals surface area contributed by atoms with Crippen LogP contribution in [0, 0.1) is 20.2 Å². The first-order valence-electron chi connectivity index (χ1n) is 4.35. The first-order valence-corrected chi connectivity index (χ1v) is 4.35. The highest BCUT2D eigenvalue weighted by atomic mass is 16.7. The van der Waals surface area contributed by atoms with Crippen molar-refractivity contribution < 1.29 is 19.7 Å². The Kier molecular flexibility index (Phi) is 4.13. The van der Waals surface area contributed by atoms with Crippen molar-refractivity contribution in [2.45, 2.75) is 38.3 Å². The van der Waals surface area contributed by atoms with E-state index in [2.05, 4.69) is 0 Å². The fourth-order valence-corrected chi connectivity index (χ4v) is 1.52. The summed E-state index contributed by atoms with van der Waals surface area (Å²) in [5, 5.41) is 30.1. The summed E-state index contributed by atoms with van der Waals surface area (Å²) in [6.45, 7) is 2.60. The molecule has 2 unspecified atom stereocenters. The summed E-state index contributed by atoms with van der Waals surface area (Å²) in [5.74, 6) is -1.77. The van der Waals surface area contributed by atoms with E-state index in [0.29, 0.717) is 0 Å². The van der Waals surface area contributed by atoms with Gasteiger partial charge < -0.3 is 5.11 Å². The number of carboxylic acid groups (broad SMARTS) is 1. The Bertz CT molecular complexity index is 275. The second-order valence-corrected chi connectivity index (χ2v) is 3.05. The molecule has 15 heavy (non-hydrogen) atoms. The van der Waals surface area contributed by atoms with Crippen molar-refractivity contribution in [1.29, 1.82) is 0 Å². The van der Waals surface area contributed by atoms with Crippen LogP contribution >= 0.6 is 0 Å². The zero-order chi connectivity index (χ0) is 12.2. The summed E-state index contributed by atoms with van der Waals surface area (Å²) >= 11 is 0. The molecule has 0 amide bonds. The third-order valence-electron chi connectivity index (χ3n) is 2.43. The van der Waals surface area contributed by atoms with Crippen LogP contribution in [0.3, 0.4) is 0 Å². The Balaban J connectivity index is 5.51. The summed E-state index contributed by atoms with van der Waals surface area (Å²) in [6.07, 6.45) is -0.622. The number of aliphatic carboxylic acids is 1. The molecule has 2 atom stereocenters. The van der Waals surface area contributed by atoms with E-state index in [9.17, 15) is 25.0 Å². The summed E-state index contributed by atoms with van der Waals surface area (Å²) in [5.41, 5.74) is -2.53. The maximum atomic E-state index is 10.9. The highest BCUT2D eigenvalue weighted by Crippen LogP contribution is 2.24. The van der Waals surface area contributed by atoms with Crippen LogP contribution in [-0.4, -0.2) is 32.5 Å². The van der Waals surface area contributed by atoms with Crippen LogP contribution in [-0.2, 0) is 4.79 Å². The van der Waals surface area contributed by atoms with Crippen molar-refractivity contribution in [2.24, 2.45) is 0 Å². The van der Waals surface area contributed by atoms with Crippen LogP contribution < -0.4 is 0 Å². The van der Waals surface area contributed by atoms with E-state index < -0.39 is 33.8 Å². The van der Waals surface area contributed by atoms with Gasteiger partial charge in [0, 0.05) is 22.7 Å². The van der Waals surface area contributed by atoms with Crippen LogP contribution in [0.1, 0.15) is 26.7 Å². The predicted molar refractivity (Wildman–Crippen MR) is 48.7 cm³/mol. The summed E-state index contributed by atoms with van der Waals surface area (Å²) < 4.78 is 0. The molecule has 0 fully saturated rings. The lowest BCUT2D eigenvalue weighted by Crippen LogP contribution is -2.58. The molecule has 1 N–H and O–H groups in total. The van der Waals surface area contributed by atoms with Crippen LogP contribution in [0.25, 0.3) is 0 Å². The van der Waals surface area contributed by atoms with E-state index in [4.69, 9.17) is 5.11 Å². The number of rotatable bonds is 6. The van der Waals surface area contributed by atoms with Gasteiger partial charge in [-0.15, -0.1) is 0 Å². The summed E-state index contributed by atoms with van der Waals surface area (Å²) in [7, 11) is 0. The lowest BCUT2D eigenvalue weighted by Gasteiger charge is -2.21. The third-order valence-corrected chi connectivity index (χ3v) is 2.43. The SMILES string of the molecule is CCC([N+](=O)[O-])C(CC)(C(=O)O)[N+](=O)[O-]. The Labute approximate surface area is 85.2 Å². The van der Waals surface area contributed by atoms with E-state index in [-0.39, 0.29) is 6.42 Å². The number of hydrogen-bond donors (Lipinski definition) is 1. The van der Waals surface area contributed by atoms with Crippen molar-refractivity contribution in [3.63, 3.8) is 0 Å². The van der Waals surface area contributed by atoms with Gasteiger partial charge in [-0.05, 0) is 0 Å². The molecular weight excluding hydrogens is 208 g/mol. The van der Waals surface area contributed by atoms with E-state index in [1.807, 2.05) is 0 Å². The molecule has 0 aromatic carbocycles. The molecule has 86 valence electrons. The molecule has 8 nitrogen and oxygen atoms in total. The van der Waals surface area contributed by atoms with Crippen LogP contribution in [0.4, 0.5) is 0 Å². The molecule has 0 saturated carbocycles. The maximum Gasteiger partial charge on any atom is 0.390 e. The molecule has 0 rings (SSSR count). The minimum atomic E-state index is -2.53. The molecular formula is C7H12N2O6. The number of carbonyl (C=O) groups is 1. The molecule has 8 heteroatoms. The molecule has 0 radical (unpaired) electrons. The lowest BCUT2D eigenvalue weighted by molar-refractivity contribution is -0.641.